The molecule has 3 unspecified atom stereocenters. The van der Waals surface area contributed by atoms with Gasteiger partial charge in [-0.2, -0.15) is 0 Å². The Morgan fingerprint density at radius 3 is 3.05 bits per heavy atom. The molecule has 2 N–H and O–H groups in total. The number of hydrogen-bond acceptors (Lipinski definition) is 3. The Balaban J connectivity index is 1.56. The summed E-state index contributed by atoms with van der Waals surface area (Å²) in [6.07, 6.45) is 2.98. The van der Waals surface area contributed by atoms with Crippen molar-refractivity contribution in [3.63, 3.8) is 0 Å². The van der Waals surface area contributed by atoms with Gasteiger partial charge in [-0.15, -0.1) is 0 Å². The first-order chi connectivity index (χ1) is 10.1. The normalized spacial score (nSPS) is 27.8. The van der Waals surface area contributed by atoms with Crippen LogP contribution in [0.4, 0.5) is 4.39 Å². The number of aliphatic hydroxyl groups is 1. The first kappa shape index (κ1) is 14.3. The lowest BCUT2D eigenvalue weighted by Crippen LogP contribution is -2.40. The molecular formula is C16H20FNO3. The van der Waals surface area contributed by atoms with Gasteiger partial charge in [0.25, 0.3) is 0 Å². The monoisotopic (exact) mass is 293 g/mol. The van der Waals surface area contributed by atoms with Gasteiger partial charge in [-0.1, -0.05) is 6.42 Å². The molecule has 4 nitrogen and oxygen atoms in total. The van der Waals surface area contributed by atoms with Gasteiger partial charge in [0.05, 0.1) is 12.0 Å². The van der Waals surface area contributed by atoms with Crippen molar-refractivity contribution < 1.29 is 19.0 Å². The van der Waals surface area contributed by atoms with Crippen LogP contribution in [0, 0.1) is 17.7 Å². The van der Waals surface area contributed by atoms with Gasteiger partial charge in [0.1, 0.15) is 18.2 Å². The molecule has 1 amide bonds. The SMILES string of the molecule is O=C(NCC1CCCC1O)C1COc2ccc(F)cc2C1. The van der Waals surface area contributed by atoms with E-state index in [1.165, 1.54) is 12.1 Å². The van der Waals surface area contributed by atoms with Crippen LogP contribution in [-0.2, 0) is 11.2 Å². The van der Waals surface area contributed by atoms with Crippen molar-refractivity contribution in [3.8, 4) is 5.75 Å². The van der Waals surface area contributed by atoms with Crippen LogP contribution in [-0.4, -0.2) is 30.3 Å². The molecule has 0 radical (unpaired) electrons. The molecule has 1 saturated carbocycles. The molecule has 1 aliphatic carbocycles. The first-order valence-electron chi connectivity index (χ1n) is 7.50. The molecule has 2 aliphatic rings. The zero-order valence-electron chi connectivity index (χ0n) is 11.8. The number of hydrogen-bond donors (Lipinski definition) is 2. The minimum atomic E-state index is -0.313. The fraction of sp³-hybridized carbons (Fsp3) is 0.562. The summed E-state index contributed by atoms with van der Waals surface area (Å²) in [6, 6.07) is 4.39. The van der Waals surface area contributed by atoms with E-state index in [0.717, 1.165) is 24.8 Å². The van der Waals surface area contributed by atoms with Crippen LogP contribution in [0.25, 0.3) is 0 Å². The van der Waals surface area contributed by atoms with Crippen LogP contribution in [0.3, 0.4) is 0 Å². The maximum atomic E-state index is 13.2. The predicted molar refractivity (Wildman–Crippen MR) is 75.4 cm³/mol. The van der Waals surface area contributed by atoms with Crippen molar-refractivity contribution in [3.05, 3.63) is 29.6 Å². The third kappa shape index (κ3) is 3.18. The Morgan fingerprint density at radius 2 is 2.29 bits per heavy atom. The van der Waals surface area contributed by atoms with Crippen LogP contribution in [0.2, 0.25) is 0 Å². The summed E-state index contributed by atoms with van der Waals surface area (Å²) in [5.41, 5.74) is 0.738. The van der Waals surface area contributed by atoms with Crippen molar-refractivity contribution >= 4 is 5.91 Å². The maximum Gasteiger partial charge on any atom is 0.226 e. The molecule has 5 heteroatoms. The predicted octanol–water partition coefficient (Wildman–Crippen LogP) is 1.65. The lowest BCUT2D eigenvalue weighted by atomic mass is 9.95. The number of aliphatic hydroxyl groups excluding tert-OH is 1. The van der Waals surface area contributed by atoms with Crippen LogP contribution >= 0.6 is 0 Å². The minimum Gasteiger partial charge on any atom is -0.492 e. The van der Waals surface area contributed by atoms with Crippen molar-refractivity contribution in [2.45, 2.75) is 31.8 Å². The average molecular weight is 293 g/mol. The van der Waals surface area contributed by atoms with E-state index in [9.17, 15) is 14.3 Å². The molecule has 1 aromatic rings. The number of amides is 1. The van der Waals surface area contributed by atoms with E-state index in [1.807, 2.05) is 0 Å². The van der Waals surface area contributed by atoms with Gasteiger partial charge in [0.15, 0.2) is 0 Å². The van der Waals surface area contributed by atoms with E-state index in [1.54, 1.807) is 6.07 Å². The minimum absolute atomic E-state index is 0.0796. The van der Waals surface area contributed by atoms with Crippen molar-refractivity contribution in [1.82, 2.24) is 5.32 Å². The van der Waals surface area contributed by atoms with Gasteiger partial charge in [0, 0.05) is 12.5 Å². The highest BCUT2D eigenvalue weighted by atomic mass is 19.1. The molecule has 0 aromatic heterocycles. The fourth-order valence-electron chi connectivity index (χ4n) is 3.16. The van der Waals surface area contributed by atoms with E-state index < -0.39 is 0 Å². The van der Waals surface area contributed by atoms with Gasteiger partial charge < -0.3 is 15.2 Å². The Morgan fingerprint density at radius 1 is 1.43 bits per heavy atom. The summed E-state index contributed by atoms with van der Waals surface area (Å²) >= 11 is 0. The quantitative estimate of drug-likeness (QED) is 0.891. The van der Waals surface area contributed by atoms with Gasteiger partial charge in [-0.25, -0.2) is 4.39 Å². The van der Waals surface area contributed by atoms with Gasteiger partial charge in [0.2, 0.25) is 5.91 Å². The van der Waals surface area contributed by atoms with E-state index in [2.05, 4.69) is 5.32 Å². The van der Waals surface area contributed by atoms with Crippen LogP contribution in [0.15, 0.2) is 18.2 Å². The summed E-state index contributed by atoms with van der Waals surface area (Å²) in [7, 11) is 0. The second kappa shape index (κ2) is 6.02. The highest BCUT2D eigenvalue weighted by Gasteiger charge is 2.29. The van der Waals surface area contributed by atoms with Crippen molar-refractivity contribution in [1.29, 1.82) is 0 Å². The van der Waals surface area contributed by atoms with Gasteiger partial charge >= 0.3 is 0 Å². The van der Waals surface area contributed by atoms with Crippen LogP contribution in [0.1, 0.15) is 24.8 Å². The lowest BCUT2D eigenvalue weighted by Gasteiger charge is -2.25. The van der Waals surface area contributed by atoms with Crippen molar-refractivity contribution in [2.24, 2.45) is 11.8 Å². The van der Waals surface area contributed by atoms with E-state index in [4.69, 9.17) is 4.74 Å². The second-order valence-electron chi connectivity index (χ2n) is 5.97. The molecule has 114 valence electrons. The Bertz CT molecular complexity index is 534. The summed E-state index contributed by atoms with van der Waals surface area (Å²) in [6.45, 7) is 0.824. The molecule has 3 rings (SSSR count). The Labute approximate surface area is 123 Å². The molecule has 1 fully saturated rings. The molecule has 3 atom stereocenters. The number of nitrogens with one attached hydrogen (secondary N) is 1. The largest absolute Gasteiger partial charge is 0.492 e. The molecule has 0 spiro atoms. The number of rotatable bonds is 3. The Kier molecular flexibility index (Phi) is 4.10. The molecule has 1 aromatic carbocycles. The van der Waals surface area contributed by atoms with E-state index >= 15 is 0 Å². The number of halogens is 1. The zero-order valence-corrected chi connectivity index (χ0v) is 11.8. The topological polar surface area (TPSA) is 58.6 Å². The standard InChI is InChI=1S/C16H20FNO3/c17-13-4-5-15-11(7-13)6-12(9-21-15)16(20)18-8-10-2-1-3-14(10)19/h4-5,7,10,12,14,19H,1-3,6,8-9H2,(H,18,20). The summed E-state index contributed by atoms with van der Waals surface area (Å²) in [4.78, 5) is 12.2. The number of benzene rings is 1. The van der Waals surface area contributed by atoms with Gasteiger partial charge in [-0.05, 0) is 43.0 Å². The smallest absolute Gasteiger partial charge is 0.226 e. The summed E-state index contributed by atoms with van der Waals surface area (Å²) in [5, 5.41) is 12.7. The van der Waals surface area contributed by atoms with E-state index in [0.29, 0.717) is 25.3 Å². The first-order valence-corrected chi connectivity index (χ1v) is 7.50. The lowest BCUT2D eigenvalue weighted by molar-refractivity contribution is -0.126. The number of ether oxygens (including phenoxy) is 1. The molecular weight excluding hydrogens is 273 g/mol. The molecule has 1 aliphatic heterocycles. The maximum absolute atomic E-state index is 13.2. The third-order valence-corrected chi connectivity index (χ3v) is 4.46. The molecule has 1 heterocycles. The van der Waals surface area contributed by atoms with Crippen LogP contribution in [0.5, 0.6) is 5.75 Å². The number of fused-ring (bicyclic) bond motifs is 1. The van der Waals surface area contributed by atoms with Crippen LogP contribution < -0.4 is 10.1 Å². The molecule has 0 bridgehead atoms. The number of carbonyl (C=O) groups excluding carboxylic acids is 1. The fourth-order valence-corrected chi connectivity index (χ4v) is 3.16. The summed E-state index contributed by atoms with van der Waals surface area (Å²) in [5.74, 6) is 0.129. The molecule has 0 saturated heterocycles. The molecule has 21 heavy (non-hydrogen) atoms. The van der Waals surface area contributed by atoms with Gasteiger partial charge in [-0.3, -0.25) is 4.79 Å². The summed E-state index contributed by atoms with van der Waals surface area (Å²) < 4.78 is 18.8. The third-order valence-electron chi connectivity index (χ3n) is 4.46. The Hall–Kier alpha value is -1.62. The highest BCUT2D eigenvalue weighted by molar-refractivity contribution is 5.79. The highest BCUT2D eigenvalue weighted by Crippen LogP contribution is 2.28. The number of carbonyl (C=O) groups is 1. The van der Waals surface area contributed by atoms with Crippen molar-refractivity contribution in [2.75, 3.05) is 13.2 Å². The van der Waals surface area contributed by atoms with E-state index in [-0.39, 0.29) is 29.7 Å². The average Bonchev–Trinajstić information content (AvgIpc) is 2.89. The zero-order chi connectivity index (χ0) is 14.8. The second-order valence-corrected chi connectivity index (χ2v) is 5.97.